The summed E-state index contributed by atoms with van der Waals surface area (Å²) < 4.78 is 0. The fraction of sp³-hybridized carbons (Fsp3) is 0.375. The Morgan fingerprint density at radius 3 is 0.583 bits per heavy atom. The zero-order valence-corrected chi connectivity index (χ0v) is 34.4. The van der Waals surface area contributed by atoms with Crippen molar-refractivity contribution in [1.82, 2.24) is 0 Å². The van der Waals surface area contributed by atoms with Gasteiger partial charge in [-0.15, -0.1) is 0 Å². The first kappa shape index (κ1) is 48.5. The van der Waals surface area contributed by atoms with Gasteiger partial charge in [0.1, 0.15) is 0 Å². The molecule has 0 bridgehead atoms. The highest BCUT2D eigenvalue weighted by Gasteiger charge is 1.98. The van der Waals surface area contributed by atoms with E-state index in [0.29, 0.717) is 0 Å². The van der Waals surface area contributed by atoms with Crippen LogP contribution < -0.4 is 0 Å². The van der Waals surface area contributed by atoms with E-state index in [-0.39, 0.29) is 0 Å². The molecule has 0 fully saturated rings. The Balaban J connectivity index is -0.000000564. The molecule has 6 aromatic rings. The molecule has 0 amide bonds. The minimum atomic E-state index is 1.32. The maximum atomic E-state index is 2.27. The van der Waals surface area contributed by atoms with Crippen LogP contribution >= 0.6 is 0 Å². The Hall–Kier alpha value is -3.90. The minimum Gasteiger partial charge on any atom is -0.0683 e. The first-order valence-electron chi connectivity index (χ1n) is 18.7. The van der Waals surface area contributed by atoms with E-state index >= 15 is 0 Å². The van der Waals surface area contributed by atoms with Gasteiger partial charge in [0.15, 0.2) is 0 Å². The van der Waals surface area contributed by atoms with E-state index in [1.54, 1.807) is 0 Å². The fourth-order valence-electron chi connectivity index (χ4n) is 4.36. The lowest BCUT2D eigenvalue weighted by Gasteiger charge is -2.04. The van der Waals surface area contributed by atoms with Crippen LogP contribution in [0.2, 0.25) is 0 Å². The molecule has 0 nitrogen and oxygen atoms in total. The van der Waals surface area contributed by atoms with Crippen LogP contribution in [0.15, 0.2) is 109 Å². The molecule has 48 heavy (non-hydrogen) atoms. The van der Waals surface area contributed by atoms with Gasteiger partial charge in [0.25, 0.3) is 0 Å². The number of hydrogen-bond donors (Lipinski definition) is 0. The van der Waals surface area contributed by atoms with Gasteiger partial charge >= 0.3 is 0 Å². The van der Waals surface area contributed by atoms with Crippen LogP contribution in [0.1, 0.15) is 116 Å². The molecule has 0 atom stereocenters. The van der Waals surface area contributed by atoms with Gasteiger partial charge < -0.3 is 0 Å². The van der Waals surface area contributed by atoms with Crippen molar-refractivity contribution >= 4 is 32.3 Å². The number of fused-ring (bicyclic) bond motifs is 3. The molecule has 0 saturated heterocycles. The second-order valence-electron chi connectivity index (χ2n) is 10.1. The Kier molecular flexibility index (Phi) is 30.7. The number of hydrogen-bond acceptors (Lipinski definition) is 0. The van der Waals surface area contributed by atoms with Crippen LogP contribution in [0.3, 0.4) is 0 Å². The SMILES string of the molecule is CC.CC.CC.CC.CC.CC.Cc1ccc(C)cc1.Cc1ccc2cc(C)ccc2c1.Cc1ccc2cc3cc(C)ccc3cc2c1. The highest BCUT2D eigenvalue weighted by atomic mass is 14.0. The van der Waals surface area contributed by atoms with E-state index in [9.17, 15) is 0 Å². The lowest BCUT2D eigenvalue weighted by Crippen LogP contribution is -1.79. The smallest absolute Gasteiger partial charge is 0.0175 e. The van der Waals surface area contributed by atoms with Gasteiger partial charge in [0.2, 0.25) is 0 Å². The highest BCUT2D eigenvalue weighted by Crippen LogP contribution is 2.24. The molecule has 0 unspecified atom stereocenters. The lowest BCUT2D eigenvalue weighted by molar-refractivity contribution is 1.40. The molecule has 0 radical (unpaired) electrons. The molecule has 0 spiro atoms. The van der Waals surface area contributed by atoms with Crippen molar-refractivity contribution in [3.8, 4) is 0 Å². The topological polar surface area (TPSA) is 0 Å². The molecule has 0 heteroatoms. The second-order valence-corrected chi connectivity index (χ2v) is 10.1. The van der Waals surface area contributed by atoms with E-state index < -0.39 is 0 Å². The number of rotatable bonds is 0. The van der Waals surface area contributed by atoms with Gasteiger partial charge in [-0.25, -0.2) is 0 Å². The van der Waals surface area contributed by atoms with Gasteiger partial charge in [0.05, 0.1) is 0 Å². The summed E-state index contributed by atoms with van der Waals surface area (Å²) in [6.45, 7) is 36.7. The van der Waals surface area contributed by atoms with Crippen LogP contribution in [-0.4, -0.2) is 0 Å². The fourth-order valence-corrected chi connectivity index (χ4v) is 4.36. The Morgan fingerprint density at radius 2 is 0.354 bits per heavy atom. The van der Waals surface area contributed by atoms with Crippen molar-refractivity contribution in [3.63, 3.8) is 0 Å². The average Bonchev–Trinajstić information content (AvgIpc) is 3.14. The predicted octanol–water partition coefficient (Wildman–Crippen LogP) is 16.5. The van der Waals surface area contributed by atoms with E-state index in [1.807, 2.05) is 83.1 Å². The third kappa shape index (κ3) is 18.4. The third-order valence-corrected chi connectivity index (χ3v) is 6.48. The minimum absolute atomic E-state index is 1.32. The molecular weight excluding hydrogens is 577 g/mol. The van der Waals surface area contributed by atoms with Crippen LogP contribution in [-0.2, 0) is 0 Å². The summed E-state index contributed by atoms with van der Waals surface area (Å²) in [5.74, 6) is 0. The number of aryl methyl sites for hydroxylation is 6. The summed E-state index contributed by atoms with van der Waals surface area (Å²) in [5.41, 5.74) is 7.95. The normalized spacial score (nSPS) is 8.62. The van der Waals surface area contributed by atoms with Crippen molar-refractivity contribution < 1.29 is 0 Å². The Morgan fingerprint density at radius 1 is 0.188 bits per heavy atom. The summed E-state index contributed by atoms with van der Waals surface area (Å²) in [5, 5.41) is 7.97. The predicted molar refractivity (Wildman–Crippen MR) is 228 cm³/mol. The standard InChI is InChI=1S/C16H14.C12H12.C8H10.6C2H6/c1-11-3-5-13-10-16-8-12(2)4-6-14(16)9-15(13)7-11;1-9-3-5-12-8-10(2)4-6-11(12)7-9;1-7-3-5-8(2)6-4-7;6*1-2/h3-10H,1-2H3;3-8H,1-2H3;3-6H,1-2H3;6*1-2H3. The Bertz CT molecular complexity index is 1490. The summed E-state index contributed by atoms with van der Waals surface area (Å²) in [7, 11) is 0. The van der Waals surface area contributed by atoms with E-state index in [1.165, 1.54) is 65.7 Å². The van der Waals surface area contributed by atoms with Crippen LogP contribution in [0, 0.1) is 41.5 Å². The maximum Gasteiger partial charge on any atom is -0.0175 e. The summed E-state index contributed by atoms with van der Waals surface area (Å²) in [4.78, 5) is 0. The van der Waals surface area contributed by atoms with Gasteiger partial charge in [-0.2, -0.15) is 0 Å². The quantitative estimate of drug-likeness (QED) is 0.144. The van der Waals surface area contributed by atoms with Crippen LogP contribution in [0.4, 0.5) is 0 Å². The van der Waals surface area contributed by atoms with Crippen molar-refractivity contribution in [2.24, 2.45) is 0 Å². The van der Waals surface area contributed by atoms with Gasteiger partial charge in [-0.1, -0.05) is 214 Å². The summed E-state index contributed by atoms with van der Waals surface area (Å²) in [6, 6.07) is 39.4. The van der Waals surface area contributed by atoms with Crippen molar-refractivity contribution in [3.05, 3.63) is 143 Å². The van der Waals surface area contributed by atoms with Gasteiger partial charge in [0, 0.05) is 0 Å². The molecule has 0 N–H and O–H groups in total. The highest BCUT2D eigenvalue weighted by molar-refractivity contribution is 5.98. The molecule has 0 aromatic heterocycles. The molecule has 0 aliphatic carbocycles. The van der Waals surface area contributed by atoms with Crippen LogP contribution in [0.5, 0.6) is 0 Å². The summed E-state index contributed by atoms with van der Waals surface area (Å²) in [6.07, 6.45) is 0. The van der Waals surface area contributed by atoms with Crippen molar-refractivity contribution in [2.45, 2.75) is 125 Å². The molecule has 6 rings (SSSR count). The van der Waals surface area contributed by atoms with Crippen LogP contribution in [0.25, 0.3) is 32.3 Å². The second kappa shape index (κ2) is 30.4. The van der Waals surface area contributed by atoms with Gasteiger partial charge in [-0.3, -0.25) is 0 Å². The lowest BCUT2D eigenvalue weighted by atomic mass is 10.0. The van der Waals surface area contributed by atoms with Crippen molar-refractivity contribution in [1.29, 1.82) is 0 Å². The maximum absolute atomic E-state index is 2.27. The molecular formula is C48H72. The molecule has 0 aliphatic rings. The van der Waals surface area contributed by atoms with Crippen molar-refractivity contribution in [2.75, 3.05) is 0 Å². The molecule has 0 heterocycles. The first-order valence-corrected chi connectivity index (χ1v) is 18.7. The third-order valence-electron chi connectivity index (χ3n) is 6.48. The van der Waals surface area contributed by atoms with E-state index in [4.69, 9.17) is 0 Å². The van der Waals surface area contributed by atoms with E-state index in [2.05, 4.69) is 151 Å². The summed E-state index contributed by atoms with van der Waals surface area (Å²) >= 11 is 0. The average molecular weight is 649 g/mol. The molecule has 0 saturated carbocycles. The van der Waals surface area contributed by atoms with Gasteiger partial charge in [-0.05, 0) is 86.0 Å². The monoisotopic (exact) mass is 649 g/mol. The number of benzene rings is 6. The zero-order chi connectivity index (χ0) is 37.7. The van der Waals surface area contributed by atoms with E-state index in [0.717, 1.165) is 0 Å². The molecule has 264 valence electrons. The largest absolute Gasteiger partial charge is 0.0683 e. The Labute approximate surface area is 298 Å². The molecule has 0 aliphatic heterocycles. The zero-order valence-electron chi connectivity index (χ0n) is 34.4. The molecule has 6 aromatic carbocycles. The first-order chi connectivity index (χ1) is 23.3.